The zero-order chi connectivity index (χ0) is 18.8. The van der Waals surface area contributed by atoms with Crippen molar-refractivity contribution in [2.75, 3.05) is 13.1 Å². The average molecular weight is 382 g/mol. The van der Waals surface area contributed by atoms with Crippen LogP contribution in [0.2, 0.25) is 0 Å². The number of piperidine rings is 1. The van der Waals surface area contributed by atoms with Crippen LogP contribution in [-0.4, -0.2) is 44.2 Å². The van der Waals surface area contributed by atoms with Crippen molar-refractivity contribution in [1.29, 1.82) is 0 Å². The minimum absolute atomic E-state index is 0.393. The molecule has 2 N–H and O–H groups in total. The lowest BCUT2D eigenvalue weighted by Gasteiger charge is -2.30. The highest BCUT2D eigenvalue weighted by atomic mass is 32.1. The molecule has 3 heterocycles. The van der Waals surface area contributed by atoms with E-state index in [9.17, 15) is 4.79 Å². The Balaban J connectivity index is 1.37. The first kappa shape index (κ1) is 17.9. The van der Waals surface area contributed by atoms with Crippen LogP contribution in [0.4, 0.5) is 0 Å². The maximum Gasteiger partial charge on any atom is 0.345 e. The lowest BCUT2D eigenvalue weighted by Crippen LogP contribution is -2.32. The number of thiophene rings is 1. The van der Waals surface area contributed by atoms with Crippen molar-refractivity contribution >= 4 is 17.3 Å². The fourth-order valence-electron chi connectivity index (χ4n) is 3.56. The lowest BCUT2D eigenvalue weighted by atomic mass is 9.96. The number of rotatable bonds is 5. The van der Waals surface area contributed by atoms with Gasteiger partial charge in [-0.15, -0.1) is 11.3 Å². The maximum absolute atomic E-state index is 11.1. The molecule has 1 aromatic carbocycles. The van der Waals surface area contributed by atoms with Gasteiger partial charge in [-0.3, -0.25) is 10.00 Å². The van der Waals surface area contributed by atoms with E-state index in [4.69, 9.17) is 10.1 Å². The van der Waals surface area contributed by atoms with E-state index >= 15 is 0 Å². The Morgan fingerprint density at radius 2 is 2.04 bits per heavy atom. The van der Waals surface area contributed by atoms with Gasteiger partial charge in [0.25, 0.3) is 0 Å². The highest BCUT2D eigenvalue weighted by molar-refractivity contribution is 7.14. The van der Waals surface area contributed by atoms with Crippen molar-refractivity contribution in [2.45, 2.75) is 32.2 Å². The van der Waals surface area contributed by atoms with Gasteiger partial charge in [0.15, 0.2) is 5.82 Å². The summed E-state index contributed by atoms with van der Waals surface area (Å²) >= 11 is 1.36. The predicted molar refractivity (Wildman–Crippen MR) is 105 cm³/mol. The number of carbonyl (C=O) groups is 1. The number of likely N-dealkylation sites (tertiary alicyclic amines) is 1. The summed E-state index contributed by atoms with van der Waals surface area (Å²) in [7, 11) is 0. The van der Waals surface area contributed by atoms with Gasteiger partial charge in [-0.2, -0.15) is 5.10 Å². The number of nitrogens with one attached hydrogen (secondary N) is 1. The Morgan fingerprint density at radius 3 is 2.70 bits per heavy atom. The summed E-state index contributed by atoms with van der Waals surface area (Å²) in [5.74, 6) is 1.27. The van der Waals surface area contributed by atoms with Crippen molar-refractivity contribution in [1.82, 2.24) is 20.1 Å². The number of hydrogen-bond donors (Lipinski definition) is 2. The minimum atomic E-state index is -0.840. The average Bonchev–Trinajstić information content (AvgIpc) is 3.31. The summed E-state index contributed by atoms with van der Waals surface area (Å²) in [4.78, 5) is 19.8. The topological polar surface area (TPSA) is 82.1 Å². The maximum atomic E-state index is 11.1. The van der Waals surface area contributed by atoms with E-state index in [0.29, 0.717) is 10.8 Å². The molecule has 140 valence electrons. The van der Waals surface area contributed by atoms with Crippen LogP contribution in [-0.2, 0) is 6.54 Å². The smallest absolute Gasteiger partial charge is 0.345 e. The molecule has 0 aliphatic carbocycles. The molecule has 0 unspecified atom stereocenters. The number of aromatic carboxylic acids is 1. The van der Waals surface area contributed by atoms with Crippen LogP contribution in [0, 0.1) is 6.92 Å². The largest absolute Gasteiger partial charge is 0.477 e. The molecule has 0 amide bonds. The molecule has 2 aromatic heterocycles. The Kier molecular flexibility index (Phi) is 5.05. The molecule has 0 saturated carbocycles. The van der Waals surface area contributed by atoms with E-state index in [1.54, 1.807) is 0 Å². The van der Waals surface area contributed by atoms with Gasteiger partial charge in [0.05, 0.1) is 0 Å². The molecule has 0 spiro atoms. The summed E-state index contributed by atoms with van der Waals surface area (Å²) < 4.78 is 0. The molecule has 1 aliphatic rings. The third-order valence-corrected chi connectivity index (χ3v) is 6.22. The molecule has 6 nitrogen and oxygen atoms in total. The second-order valence-corrected chi connectivity index (χ2v) is 8.21. The van der Waals surface area contributed by atoms with Gasteiger partial charge in [0.1, 0.15) is 10.7 Å². The Morgan fingerprint density at radius 1 is 1.30 bits per heavy atom. The number of aryl methyl sites for hydroxylation is 1. The third-order valence-electron chi connectivity index (χ3n) is 5.13. The standard InChI is InChI=1S/C20H22N4O2S/c1-13-16(11-17(27-13)20(25)26)12-24-9-7-15(8-10-24)19-21-18(22-23-19)14-5-3-2-4-6-14/h2-6,11,15H,7-10,12H2,1H3,(H,25,26)(H,21,22,23). The molecule has 0 radical (unpaired) electrons. The molecule has 3 aromatic rings. The first-order valence-electron chi connectivity index (χ1n) is 9.13. The zero-order valence-electron chi connectivity index (χ0n) is 15.2. The molecule has 1 saturated heterocycles. The second kappa shape index (κ2) is 7.62. The monoisotopic (exact) mass is 382 g/mol. The molecule has 1 fully saturated rings. The zero-order valence-corrected chi connectivity index (χ0v) is 16.0. The molecule has 0 atom stereocenters. The molecule has 1 aliphatic heterocycles. The molecule has 0 bridgehead atoms. The van der Waals surface area contributed by atoms with Crippen LogP contribution in [0.3, 0.4) is 0 Å². The SMILES string of the molecule is Cc1sc(C(=O)O)cc1CN1CCC(c2nc(-c3ccccc3)n[nH]2)CC1. The normalized spacial score (nSPS) is 15.9. The quantitative estimate of drug-likeness (QED) is 0.699. The van der Waals surface area contributed by atoms with Crippen molar-refractivity contribution < 1.29 is 9.90 Å². The third kappa shape index (κ3) is 3.94. The second-order valence-electron chi connectivity index (χ2n) is 6.96. The number of nitrogens with zero attached hydrogens (tertiary/aromatic N) is 3. The highest BCUT2D eigenvalue weighted by Crippen LogP contribution is 2.29. The summed E-state index contributed by atoms with van der Waals surface area (Å²) in [6, 6.07) is 11.8. The molecular weight excluding hydrogens is 360 g/mol. The number of hydrogen-bond acceptors (Lipinski definition) is 5. The number of H-pyrrole nitrogens is 1. The van der Waals surface area contributed by atoms with Crippen molar-refractivity contribution in [3.63, 3.8) is 0 Å². The Labute approximate surface area is 161 Å². The van der Waals surface area contributed by atoms with Crippen LogP contribution in [0.25, 0.3) is 11.4 Å². The van der Waals surface area contributed by atoms with E-state index in [-0.39, 0.29) is 0 Å². The van der Waals surface area contributed by atoms with Crippen LogP contribution in [0.15, 0.2) is 36.4 Å². The van der Waals surface area contributed by atoms with Crippen LogP contribution < -0.4 is 0 Å². The Bertz CT molecular complexity index is 927. The van der Waals surface area contributed by atoms with Gasteiger partial charge in [0, 0.05) is 22.9 Å². The Hall–Kier alpha value is -2.51. The molecule has 4 rings (SSSR count). The van der Waals surface area contributed by atoms with E-state index in [2.05, 4.69) is 15.1 Å². The first-order valence-corrected chi connectivity index (χ1v) is 9.94. The van der Waals surface area contributed by atoms with E-state index < -0.39 is 5.97 Å². The first-order chi connectivity index (χ1) is 13.1. The summed E-state index contributed by atoms with van der Waals surface area (Å²) in [5, 5.41) is 16.6. The predicted octanol–water partition coefficient (Wildman–Crippen LogP) is 3.92. The van der Waals surface area contributed by atoms with Crippen molar-refractivity contribution in [3.8, 4) is 11.4 Å². The number of carboxylic acids is 1. The fraction of sp³-hybridized carbons (Fsp3) is 0.350. The summed E-state index contributed by atoms with van der Waals surface area (Å²) in [6.07, 6.45) is 2.05. The van der Waals surface area contributed by atoms with E-state index in [1.807, 2.05) is 43.3 Å². The van der Waals surface area contributed by atoms with Crippen molar-refractivity contribution in [3.05, 3.63) is 57.5 Å². The number of aromatic amines is 1. The summed E-state index contributed by atoms with van der Waals surface area (Å²) in [5.41, 5.74) is 2.15. The van der Waals surface area contributed by atoms with Gasteiger partial charge >= 0.3 is 5.97 Å². The fourth-order valence-corrected chi connectivity index (χ4v) is 4.43. The highest BCUT2D eigenvalue weighted by Gasteiger charge is 2.24. The van der Waals surface area contributed by atoms with E-state index in [0.717, 1.165) is 60.1 Å². The van der Waals surface area contributed by atoms with Gasteiger partial charge in [-0.1, -0.05) is 30.3 Å². The number of aromatic nitrogens is 3. The van der Waals surface area contributed by atoms with Crippen molar-refractivity contribution in [2.24, 2.45) is 0 Å². The molecule has 7 heteroatoms. The van der Waals surface area contributed by atoms with Gasteiger partial charge in [-0.25, -0.2) is 9.78 Å². The number of carboxylic acid groups (broad SMARTS) is 1. The van der Waals surface area contributed by atoms with Crippen LogP contribution >= 0.6 is 11.3 Å². The molecule has 27 heavy (non-hydrogen) atoms. The summed E-state index contributed by atoms with van der Waals surface area (Å²) in [6.45, 7) is 4.76. The lowest BCUT2D eigenvalue weighted by molar-refractivity contribution is 0.0702. The number of benzene rings is 1. The van der Waals surface area contributed by atoms with Crippen LogP contribution in [0.1, 0.15) is 44.7 Å². The van der Waals surface area contributed by atoms with Crippen LogP contribution in [0.5, 0.6) is 0 Å². The van der Waals surface area contributed by atoms with E-state index in [1.165, 1.54) is 11.3 Å². The van der Waals surface area contributed by atoms with Gasteiger partial charge < -0.3 is 5.11 Å². The van der Waals surface area contributed by atoms with Gasteiger partial charge in [0.2, 0.25) is 0 Å². The van der Waals surface area contributed by atoms with Gasteiger partial charge in [-0.05, 0) is 44.5 Å². The minimum Gasteiger partial charge on any atom is -0.477 e. The molecular formula is C20H22N4O2S.